The van der Waals surface area contributed by atoms with Gasteiger partial charge in [0.25, 0.3) is 5.56 Å². The van der Waals surface area contributed by atoms with Crippen molar-refractivity contribution >= 4 is 32.2 Å². The Hall–Kier alpha value is -0.680. The van der Waals surface area contributed by atoms with Gasteiger partial charge in [-0.15, -0.1) is 0 Å². The summed E-state index contributed by atoms with van der Waals surface area (Å²) in [7, 11) is 0. The minimum Gasteiger partial charge on any atom is -0.269 e. The second-order valence-corrected chi connectivity index (χ2v) is 4.36. The van der Waals surface area contributed by atoms with Gasteiger partial charge in [0.1, 0.15) is 0 Å². The first-order valence-corrected chi connectivity index (χ1v) is 4.51. The molecule has 11 heavy (non-hydrogen) atoms. The van der Waals surface area contributed by atoms with Gasteiger partial charge in [-0.05, 0) is 15.9 Å². The molecule has 2 heterocycles. The van der Waals surface area contributed by atoms with Gasteiger partial charge >= 0.3 is 0 Å². The maximum atomic E-state index is 11.1. The van der Waals surface area contributed by atoms with E-state index in [1.165, 1.54) is 28.0 Å². The van der Waals surface area contributed by atoms with E-state index in [1.807, 2.05) is 0 Å². The predicted octanol–water partition coefficient (Wildman–Crippen LogP) is 1.52. The smallest absolute Gasteiger partial charge is 0.258 e. The van der Waals surface area contributed by atoms with Gasteiger partial charge in [0.05, 0.1) is 3.79 Å². The summed E-state index contributed by atoms with van der Waals surface area (Å²) in [5, 5.41) is 0. The molecule has 0 fully saturated rings. The van der Waals surface area contributed by atoms with Crippen LogP contribution in [0, 0.1) is 0 Å². The Balaban J connectivity index is 3.02. The molecule has 0 saturated heterocycles. The molecule has 2 rings (SSSR count). The zero-order valence-corrected chi connectivity index (χ0v) is 7.72. The number of halogens is 1. The molecule has 0 saturated carbocycles. The average Bonchev–Trinajstić information content (AvgIpc) is 2.31. The summed E-state index contributed by atoms with van der Waals surface area (Å²) in [6.45, 7) is 0. The zero-order valence-electron chi connectivity index (χ0n) is 5.32. The minimum atomic E-state index is -0.0445. The molecule has 56 valence electrons. The van der Waals surface area contributed by atoms with E-state index in [1.54, 1.807) is 6.20 Å². The van der Waals surface area contributed by atoms with Crippen molar-refractivity contribution in [2.24, 2.45) is 0 Å². The highest BCUT2D eigenvalue weighted by Gasteiger charge is 1.99. The molecule has 0 aromatic carbocycles. The van der Waals surface area contributed by atoms with E-state index in [9.17, 15) is 4.79 Å². The van der Waals surface area contributed by atoms with Crippen molar-refractivity contribution in [1.82, 2.24) is 9.38 Å². The standard InChI is InChI=1S/C6H3BrN2OS/c7-4-3-9-5(10)1-2-8-6(9)11-4/h1-3H. The highest BCUT2D eigenvalue weighted by Crippen LogP contribution is 2.19. The van der Waals surface area contributed by atoms with Crippen molar-refractivity contribution in [3.63, 3.8) is 0 Å². The Morgan fingerprint density at radius 3 is 3.18 bits per heavy atom. The van der Waals surface area contributed by atoms with E-state index in [-0.39, 0.29) is 5.56 Å². The van der Waals surface area contributed by atoms with Gasteiger partial charge in [-0.25, -0.2) is 4.98 Å². The molecule has 0 spiro atoms. The summed E-state index contributed by atoms with van der Waals surface area (Å²) in [6, 6.07) is 1.44. The molecule has 0 aliphatic heterocycles. The topological polar surface area (TPSA) is 34.4 Å². The van der Waals surface area contributed by atoms with Crippen LogP contribution in [0.15, 0.2) is 27.0 Å². The van der Waals surface area contributed by atoms with Crippen LogP contribution in [0.1, 0.15) is 0 Å². The van der Waals surface area contributed by atoms with Crippen LogP contribution >= 0.6 is 27.3 Å². The summed E-state index contributed by atoms with van der Waals surface area (Å²) < 4.78 is 2.42. The lowest BCUT2D eigenvalue weighted by Crippen LogP contribution is -2.09. The Morgan fingerprint density at radius 1 is 1.64 bits per heavy atom. The maximum Gasteiger partial charge on any atom is 0.258 e. The molecular formula is C6H3BrN2OS. The second kappa shape index (κ2) is 2.42. The van der Waals surface area contributed by atoms with E-state index in [4.69, 9.17) is 0 Å². The molecule has 5 heteroatoms. The number of nitrogens with zero attached hydrogens (tertiary/aromatic N) is 2. The van der Waals surface area contributed by atoms with Gasteiger partial charge in [0, 0.05) is 18.5 Å². The number of hydrogen-bond donors (Lipinski definition) is 0. The fourth-order valence-electron chi connectivity index (χ4n) is 0.811. The van der Waals surface area contributed by atoms with Crippen LogP contribution in [-0.4, -0.2) is 9.38 Å². The van der Waals surface area contributed by atoms with Gasteiger partial charge < -0.3 is 0 Å². The first-order valence-electron chi connectivity index (χ1n) is 2.90. The van der Waals surface area contributed by atoms with Gasteiger partial charge in [-0.3, -0.25) is 9.20 Å². The van der Waals surface area contributed by atoms with Crippen LogP contribution in [-0.2, 0) is 0 Å². The Morgan fingerprint density at radius 2 is 2.45 bits per heavy atom. The van der Waals surface area contributed by atoms with Crippen molar-refractivity contribution in [3.8, 4) is 0 Å². The minimum absolute atomic E-state index is 0.0445. The van der Waals surface area contributed by atoms with E-state index >= 15 is 0 Å². The Kier molecular flexibility index (Phi) is 1.54. The van der Waals surface area contributed by atoms with Gasteiger partial charge in [-0.2, -0.15) is 0 Å². The van der Waals surface area contributed by atoms with Crippen LogP contribution in [0.4, 0.5) is 0 Å². The summed E-state index contributed by atoms with van der Waals surface area (Å²) in [4.78, 5) is 15.8. The number of thiazole rings is 1. The van der Waals surface area contributed by atoms with Crippen molar-refractivity contribution in [1.29, 1.82) is 0 Å². The number of aromatic nitrogens is 2. The predicted molar refractivity (Wildman–Crippen MR) is 47.0 cm³/mol. The monoisotopic (exact) mass is 230 g/mol. The summed E-state index contributed by atoms with van der Waals surface area (Å²) >= 11 is 4.71. The number of rotatable bonds is 0. The van der Waals surface area contributed by atoms with E-state index in [0.717, 1.165) is 3.79 Å². The van der Waals surface area contributed by atoms with Gasteiger partial charge in [-0.1, -0.05) is 11.3 Å². The van der Waals surface area contributed by atoms with E-state index < -0.39 is 0 Å². The third kappa shape index (κ3) is 1.10. The molecule has 0 bridgehead atoms. The number of hydrogen-bond acceptors (Lipinski definition) is 3. The average molecular weight is 231 g/mol. The first-order chi connectivity index (χ1) is 5.27. The Bertz CT molecular complexity index is 447. The molecule has 0 radical (unpaired) electrons. The van der Waals surface area contributed by atoms with Crippen molar-refractivity contribution in [2.75, 3.05) is 0 Å². The molecule has 0 unspecified atom stereocenters. The van der Waals surface area contributed by atoms with Crippen molar-refractivity contribution < 1.29 is 0 Å². The van der Waals surface area contributed by atoms with Crippen LogP contribution in [0.2, 0.25) is 0 Å². The van der Waals surface area contributed by atoms with Gasteiger partial charge in [0.2, 0.25) is 0 Å². The SMILES string of the molecule is O=c1ccnc2sc(Br)cn12. The second-order valence-electron chi connectivity index (χ2n) is 1.97. The molecular weight excluding hydrogens is 228 g/mol. The molecule has 0 atom stereocenters. The van der Waals surface area contributed by atoms with Crippen molar-refractivity contribution in [3.05, 3.63) is 32.6 Å². The summed E-state index contributed by atoms with van der Waals surface area (Å²) in [6.07, 6.45) is 3.23. The third-order valence-electron chi connectivity index (χ3n) is 1.26. The third-order valence-corrected chi connectivity index (χ3v) is 2.74. The van der Waals surface area contributed by atoms with Gasteiger partial charge in [0.15, 0.2) is 4.96 Å². The molecule has 0 N–H and O–H groups in total. The molecule has 2 aromatic heterocycles. The molecule has 0 amide bonds. The Labute approximate surface area is 74.4 Å². The zero-order chi connectivity index (χ0) is 7.84. The molecule has 2 aromatic rings. The first kappa shape index (κ1) is 7.00. The van der Waals surface area contributed by atoms with Crippen LogP contribution in [0.25, 0.3) is 4.96 Å². The molecule has 3 nitrogen and oxygen atoms in total. The largest absolute Gasteiger partial charge is 0.269 e. The van der Waals surface area contributed by atoms with Crippen LogP contribution < -0.4 is 5.56 Å². The summed E-state index contributed by atoms with van der Waals surface area (Å²) in [5.41, 5.74) is -0.0445. The van der Waals surface area contributed by atoms with E-state index in [2.05, 4.69) is 20.9 Å². The normalized spacial score (nSPS) is 10.6. The highest BCUT2D eigenvalue weighted by atomic mass is 79.9. The number of fused-ring (bicyclic) bond motifs is 1. The lowest BCUT2D eigenvalue weighted by molar-refractivity contribution is 1.07. The highest BCUT2D eigenvalue weighted by molar-refractivity contribution is 9.11. The lowest BCUT2D eigenvalue weighted by Gasteiger charge is -1.85. The van der Waals surface area contributed by atoms with Crippen molar-refractivity contribution in [2.45, 2.75) is 0 Å². The van der Waals surface area contributed by atoms with Crippen LogP contribution in [0.3, 0.4) is 0 Å². The fraction of sp³-hybridized carbons (Fsp3) is 0. The molecule has 0 aliphatic carbocycles. The lowest BCUT2D eigenvalue weighted by atomic mass is 10.6. The molecule has 0 aliphatic rings. The fourth-order valence-corrected chi connectivity index (χ4v) is 2.14. The summed E-state index contributed by atoms with van der Waals surface area (Å²) in [5.74, 6) is 0. The van der Waals surface area contributed by atoms with Crippen LogP contribution in [0.5, 0.6) is 0 Å². The maximum absolute atomic E-state index is 11.1. The quantitative estimate of drug-likeness (QED) is 0.688. The van der Waals surface area contributed by atoms with E-state index in [0.29, 0.717) is 4.96 Å².